The SMILES string of the molecule is CC(=O)Nc1ccccc1-c1cc(Nc2cccc(F)c2)nc(C2CCCN(C)C2)n1. The van der Waals surface area contributed by atoms with Gasteiger partial charge in [-0.2, -0.15) is 0 Å². The van der Waals surface area contributed by atoms with Crippen molar-refractivity contribution >= 4 is 23.1 Å². The number of hydrogen-bond donors (Lipinski definition) is 2. The van der Waals surface area contributed by atoms with Crippen LogP contribution in [0.2, 0.25) is 0 Å². The number of para-hydroxylation sites is 1. The molecule has 2 N–H and O–H groups in total. The molecule has 160 valence electrons. The van der Waals surface area contributed by atoms with Crippen LogP contribution in [0.25, 0.3) is 11.3 Å². The predicted octanol–water partition coefficient (Wildman–Crippen LogP) is 4.79. The van der Waals surface area contributed by atoms with Gasteiger partial charge in [0.25, 0.3) is 0 Å². The van der Waals surface area contributed by atoms with Crippen molar-refractivity contribution in [2.75, 3.05) is 30.8 Å². The van der Waals surface area contributed by atoms with Crippen molar-refractivity contribution in [2.24, 2.45) is 0 Å². The largest absolute Gasteiger partial charge is 0.340 e. The number of aromatic nitrogens is 2. The minimum atomic E-state index is -0.315. The number of anilines is 3. The summed E-state index contributed by atoms with van der Waals surface area (Å²) in [6.07, 6.45) is 2.10. The smallest absolute Gasteiger partial charge is 0.221 e. The van der Waals surface area contributed by atoms with Gasteiger partial charge >= 0.3 is 0 Å². The third kappa shape index (κ3) is 5.24. The molecular weight excluding hydrogens is 393 g/mol. The lowest BCUT2D eigenvalue weighted by Gasteiger charge is -2.29. The number of carbonyl (C=O) groups excluding carboxylic acids is 1. The summed E-state index contributed by atoms with van der Waals surface area (Å²) in [7, 11) is 2.11. The summed E-state index contributed by atoms with van der Waals surface area (Å²) < 4.78 is 13.7. The molecule has 4 rings (SSSR count). The van der Waals surface area contributed by atoms with Crippen molar-refractivity contribution in [1.82, 2.24) is 14.9 Å². The average molecular weight is 420 g/mol. The molecule has 1 aliphatic rings. The molecule has 0 bridgehead atoms. The van der Waals surface area contributed by atoms with E-state index in [9.17, 15) is 9.18 Å². The standard InChI is InChI=1S/C24H26FN5O/c1-16(31)26-21-11-4-3-10-20(21)22-14-23(27-19-9-5-8-18(25)13-19)29-24(28-22)17-7-6-12-30(2)15-17/h3-5,8-11,13-14,17H,6-7,12,15H2,1-2H3,(H,26,31)(H,27,28,29). The fourth-order valence-electron chi connectivity index (χ4n) is 3.95. The number of likely N-dealkylation sites (tertiary alicyclic amines) is 1. The number of hydrogen-bond acceptors (Lipinski definition) is 5. The molecule has 0 spiro atoms. The lowest BCUT2D eigenvalue weighted by Crippen LogP contribution is -2.31. The van der Waals surface area contributed by atoms with Gasteiger partial charge in [0, 0.05) is 36.7 Å². The summed E-state index contributed by atoms with van der Waals surface area (Å²) in [6.45, 7) is 3.43. The number of amides is 1. The van der Waals surface area contributed by atoms with Crippen molar-refractivity contribution in [3.05, 3.63) is 66.2 Å². The Morgan fingerprint density at radius 3 is 2.74 bits per heavy atom. The van der Waals surface area contributed by atoms with E-state index < -0.39 is 0 Å². The van der Waals surface area contributed by atoms with Gasteiger partial charge in [-0.15, -0.1) is 0 Å². The Kier molecular flexibility index (Phi) is 6.23. The first-order chi connectivity index (χ1) is 15.0. The van der Waals surface area contributed by atoms with Crippen molar-refractivity contribution in [3.8, 4) is 11.3 Å². The Balaban J connectivity index is 1.77. The van der Waals surface area contributed by atoms with Gasteiger partial charge in [-0.05, 0) is 50.7 Å². The second kappa shape index (κ2) is 9.22. The van der Waals surface area contributed by atoms with Gasteiger partial charge < -0.3 is 15.5 Å². The summed E-state index contributed by atoms with van der Waals surface area (Å²) in [5.41, 5.74) is 2.83. The molecule has 31 heavy (non-hydrogen) atoms. The van der Waals surface area contributed by atoms with Crippen molar-refractivity contribution in [1.29, 1.82) is 0 Å². The van der Waals surface area contributed by atoms with E-state index in [1.807, 2.05) is 30.3 Å². The van der Waals surface area contributed by atoms with E-state index in [1.165, 1.54) is 19.1 Å². The van der Waals surface area contributed by atoms with E-state index >= 15 is 0 Å². The van der Waals surface area contributed by atoms with Gasteiger partial charge in [0.15, 0.2) is 0 Å². The van der Waals surface area contributed by atoms with Crippen LogP contribution in [-0.2, 0) is 4.79 Å². The zero-order valence-corrected chi connectivity index (χ0v) is 17.7. The molecule has 1 atom stereocenters. The number of nitrogens with zero attached hydrogens (tertiary/aromatic N) is 3. The monoisotopic (exact) mass is 419 g/mol. The van der Waals surface area contributed by atoms with Gasteiger partial charge in [0.05, 0.1) is 11.4 Å². The van der Waals surface area contributed by atoms with Gasteiger partial charge in [0.2, 0.25) is 5.91 Å². The Labute approximate surface area is 181 Å². The first kappa shape index (κ1) is 20.9. The molecule has 1 unspecified atom stereocenters. The van der Waals surface area contributed by atoms with Crippen LogP contribution in [0.1, 0.15) is 31.5 Å². The summed E-state index contributed by atoms with van der Waals surface area (Å²) in [6, 6.07) is 15.7. The van der Waals surface area contributed by atoms with Crippen LogP contribution >= 0.6 is 0 Å². The maximum absolute atomic E-state index is 13.7. The molecule has 1 amide bonds. The molecule has 3 aromatic rings. The summed E-state index contributed by atoms with van der Waals surface area (Å²) in [5, 5.41) is 6.09. The van der Waals surface area contributed by atoms with E-state index in [-0.39, 0.29) is 17.6 Å². The first-order valence-corrected chi connectivity index (χ1v) is 10.4. The topological polar surface area (TPSA) is 70.2 Å². The highest BCUT2D eigenvalue weighted by Crippen LogP contribution is 2.32. The van der Waals surface area contributed by atoms with Crippen LogP contribution in [0, 0.1) is 5.82 Å². The Morgan fingerprint density at radius 2 is 1.97 bits per heavy atom. The van der Waals surface area contributed by atoms with Crippen LogP contribution in [-0.4, -0.2) is 40.9 Å². The van der Waals surface area contributed by atoms with Crippen LogP contribution in [0.15, 0.2) is 54.6 Å². The average Bonchev–Trinajstić information content (AvgIpc) is 2.73. The normalized spacial score (nSPS) is 16.7. The molecule has 6 nitrogen and oxygen atoms in total. The molecule has 1 saturated heterocycles. The second-order valence-electron chi connectivity index (χ2n) is 7.96. The number of piperidine rings is 1. The van der Waals surface area contributed by atoms with Crippen LogP contribution in [0.3, 0.4) is 0 Å². The van der Waals surface area contributed by atoms with E-state index in [4.69, 9.17) is 9.97 Å². The number of halogens is 1. The highest BCUT2D eigenvalue weighted by Gasteiger charge is 2.23. The van der Waals surface area contributed by atoms with Crippen LogP contribution < -0.4 is 10.6 Å². The number of benzene rings is 2. The summed E-state index contributed by atoms with van der Waals surface area (Å²) >= 11 is 0. The minimum Gasteiger partial charge on any atom is -0.340 e. The number of rotatable bonds is 5. The lowest BCUT2D eigenvalue weighted by molar-refractivity contribution is -0.114. The zero-order chi connectivity index (χ0) is 21.8. The van der Waals surface area contributed by atoms with E-state index in [0.29, 0.717) is 22.9 Å². The van der Waals surface area contributed by atoms with Crippen molar-refractivity contribution in [3.63, 3.8) is 0 Å². The molecule has 1 aromatic heterocycles. The number of carbonyl (C=O) groups is 1. The second-order valence-corrected chi connectivity index (χ2v) is 7.96. The van der Waals surface area contributed by atoms with Crippen molar-refractivity contribution < 1.29 is 9.18 Å². The number of nitrogens with one attached hydrogen (secondary N) is 2. The van der Waals surface area contributed by atoms with Gasteiger partial charge in [-0.3, -0.25) is 4.79 Å². The van der Waals surface area contributed by atoms with Crippen molar-refractivity contribution in [2.45, 2.75) is 25.7 Å². The molecule has 2 heterocycles. The maximum Gasteiger partial charge on any atom is 0.221 e. The molecule has 0 aliphatic carbocycles. The Morgan fingerprint density at radius 1 is 1.13 bits per heavy atom. The highest BCUT2D eigenvalue weighted by molar-refractivity contribution is 5.93. The maximum atomic E-state index is 13.7. The molecule has 0 radical (unpaired) electrons. The number of likely N-dealkylation sites (N-methyl/N-ethyl adjacent to an activating group) is 1. The summed E-state index contributed by atoms with van der Waals surface area (Å²) in [5.74, 6) is 1.09. The van der Waals surface area contributed by atoms with E-state index in [2.05, 4.69) is 22.6 Å². The van der Waals surface area contributed by atoms with E-state index in [1.54, 1.807) is 12.1 Å². The summed E-state index contributed by atoms with van der Waals surface area (Å²) in [4.78, 5) is 23.6. The molecule has 1 fully saturated rings. The predicted molar refractivity (Wildman–Crippen MR) is 121 cm³/mol. The quantitative estimate of drug-likeness (QED) is 0.622. The molecule has 7 heteroatoms. The minimum absolute atomic E-state index is 0.145. The van der Waals surface area contributed by atoms with Crippen LogP contribution in [0.5, 0.6) is 0 Å². The van der Waals surface area contributed by atoms with Gasteiger partial charge in [-0.1, -0.05) is 24.3 Å². The third-order valence-corrected chi connectivity index (χ3v) is 5.34. The van der Waals surface area contributed by atoms with Gasteiger partial charge in [-0.25, -0.2) is 14.4 Å². The highest BCUT2D eigenvalue weighted by atomic mass is 19.1. The molecule has 0 saturated carbocycles. The fourth-order valence-corrected chi connectivity index (χ4v) is 3.95. The fraction of sp³-hybridized carbons (Fsp3) is 0.292. The first-order valence-electron chi connectivity index (χ1n) is 10.4. The Hall–Kier alpha value is -3.32. The Bertz CT molecular complexity index is 1090. The lowest BCUT2D eigenvalue weighted by atomic mass is 9.97. The van der Waals surface area contributed by atoms with Gasteiger partial charge in [0.1, 0.15) is 17.5 Å². The molecule has 1 aliphatic heterocycles. The zero-order valence-electron chi connectivity index (χ0n) is 17.7. The molecular formula is C24H26FN5O. The van der Waals surface area contributed by atoms with E-state index in [0.717, 1.165) is 37.3 Å². The third-order valence-electron chi connectivity index (χ3n) is 5.34. The molecule has 2 aromatic carbocycles. The van der Waals surface area contributed by atoms with Crippen LogP contribution in [0.4, 0.5) is 21.6 Å².